The Balaban J connectivity index is 2.47. The molecule has 0 saturated carbocycles. The van der Waals surface area contributed by atoms with E-state index in [1.54, 1.807) is 0 Å². The summed E-state index contributed by atoms with van der Waals surface area (Å²) in [5.41, 5.74) is 3.53. The predicted molar refractivity (Wildman–Crippen MR) is 72.1 cm³/mol. The number of hydrogen-bond acceptors (Lipinski definition) is 1. The summed E-state index contributed by atoms with van der Waals surface area (Å²) in [7, 11) is 0. The van der Waals surface area contributed by atoms with Gasteiger partial charge in [0.1, 0.15) is 0 Å². The van der Waals surface area contributed by atoms with Crippen LogP contribution in [0.1, 0.15) is 37.0 Å². The Hall–Kier alpha value is -1.31. The molecule has 1 rings (SSSR count). The molecule has 17 heavy (non-hydrogen) atoms. The fraction of sp³-hybridized carbons (Fsp3) is 0.533. The summed E-state index contributed by atoms with van der Waals surface area (Å²) in [6.07, 6.45) is 1.53. The van der Waals surface area contributed by atoms with Gasteiger partial charge in [0.05, 0.1) is 6.42 Å². The molecular weight excluding hydrogens is 210 g/mol. The number of hydrogen-bond donors (Lipinski definition) is 1. The van der Waals surface area contributed by atoms with E-state index < -0.39 is 0 Å². The third-order valence-electron chi connectivity index (χ3n) is 2.90. The van der Waals surface area contributed by atoms with Crippen molar-refractivity contribution < 1.29 is 4.79 Å². The van der Waals surface area contributed by atoms with Gasteiger partial charge in [-0.3, -0.25) is 4.79 Å². The van der Waals surface area contributed by atoms with E-state index in [9.17, 15) is 4.79 Å². The highest BCUT2D eigenvalue weighted by atomic mass is 16.1. The van der Waals surface area contributed by atoms with Crippen molar-refractivity contribution in [1.29, 1.82) is 0 Å². The number of carbonyl (C=O) groups excluding carboxylic acids is 1. The van der Waals surface area contributed by atoms with Gasteiger partial charge in [0.25, 0.3) is 0 Å². The molecule has 0 aliphatic rings. The molecule has 0 aliphatic carbocycles. The first kappa shape index (κ1) is 13.8. The highest BCUT2D eigenvalue weighted by molar-refractivity contribution is 5.78. The SMILES string of the molecule is Cc1ccc(C)c(CC(=O)NCCC(C)C)c1. The molecule has 0 unspecified atom stereocenters. The number of benzene rings is 1. The molecule has 1 aromatic carbocycles. The molecule has 2 heteroatoms. The van der Waals surface area contributed by atoms with Gasteiger partial charge >= 0.3 is 0 Å². The summed E-state index contributed by atoms with van der Waals surface area (Å²) in [6, 6.07) is 6.25. The Morgan fingerprint density at radius 3 is 2.65 bits per heavy atom. The molecule has 1 N–H and O–H groups in total. The fourth-order valence-corrected chi connectivity index (χ4v) is 1.73. The van der Waals surface area contributed by atoms with Gasteiger partial charge in [-0.15, -0.1) is 0 Å². The maximum Gasteiger partial charge on any atom is 0.224 e. The van der Waals surface area contributed by atoms with Crippen LogP contribution in [0.15, 0.2) is 18.2 Å². The largest absolute Gasteiger partial charge is 0.356 e. The van der Waals surface area contributed by atoms with Crippen LogP contribution in [0.4, 0.5) is 0 Å². The minimum Gasteiger partial charge on any atom is -0.356 e. The van der Waals surface area contributed by atoms with Gasteiger partial charge in [-0.25, -0.2) is 0 Å². The van der Waals surface area contributed by atoms with Gasteiger partial charge < -0.3 is 5.32 Å². The predicted octanol–water partition coefficient (Wildman–Crippen LogP) is 3.01. The molecule has 0 fully saturated rings. The van der Waals surface area contributed by atoms with E-state index in [2.05, 4.69) is 51.2 Å². The van der Waals surface area contributed by atoms with Gasteiger partial charge in [0, 0.05) is 6.54 Å². The highest BCUT2D eigenvalue weighted by Crippen LogP contribution is 2.11. The lowest BCUT2D eigenvalue weighted by Crippen LogP contribution is -2.27. The first-order valence-electron chi connectivity index (χ1n) is 6.32. The van der Waals surface area contributed by atoms with Crippen LogP contribution in [0.3, 0.4) is 0 Å². The molecule has 0 spiro atoms. The standard InChI is InChI=1S/C15H23NO/c1-11(2)7-8-16-15(17)10-14-9-12(3)5-6-13(14)4/h5-6,9,11H,7-8,10H2,1-4H3,(H,16,17). The zero-order chi connectivity index (χ0) is 12.8. The van der Waals surface area contributed by atoms with Crippen molar-refractivity contribution in [2.45, 2.75) is 40.5 Å². The molecule has 0 aliphatic heterocycles. The quantitative estimate of drug-likeness (QED) is 0.832. The van der Waals surface area contributed by atoms with Crippen molar-refractivity contribution in [3.8, 4) is 0 Å². The lowest BCUT2D eigenvalue weighted by molar-refractivity contribution is -0.120. The third-order valence-corrected chi connectivity index (χ3v) is 2.90. The van der Waals surface area contributed by atoms with Crippen molar-refractivity contribution in [2.75, 3.05) is 6.54 Å². The molecule has 2 nitrogen and oxygen atoms in total. The van der Waals surface area contributed by atoms with Gasteiger partial charge in [-0.2, -0.15) is 0 Å². The topological polar surface area (TPSA) is 29.1 Å². The van der Waals surface area contributed by atoms with Crippen LogP contribution in [0.25, 0.3) is 0 Å². The highest BCUT2D eigenvalue weighted by Gasteiger charge is 2.06. The van der Waals surface area contributed by atoms with Gasteiger partial charge in [-0.05, 0) is 37.3 Å². The second-order valence-electron chi connectivity index (χ2n) is 5.14. The van der Waals surface area contributed by atoms with E-state index in [4.69, 9.17) is 0 Å². The zero-order valence-electron chi connectivity index (χ0n) is 11.3. The van der Waals surface area contributed by atoms with Crippen molar-refractivity contribution in [1.82, 2.24) is 5.32 Å². The first-order valence-corrected chi connectivity index (χ1v) is 6.32. The van der Waals surface area contributed by atoms with Crippen molar-refractivity contribution in [2.24, 2.45) is 5.92 Å². The Morgan fingerprint density at radius 2 is 2.00 bits per heavy atom. The van der Waals surface area contributed by atoms with Gasteiger partial charge in [0.2, 0.25) is 5.91 Å². The van der Waals surface area contributed by atoms with Crippen molar-refractivity contribution in [3.05, 3.63) is 34.9 Å². The second-order valence-corrected chi connectivity index (χ2v) is 5.14. The molecule has 94 valence electrons. The summed E-state index contributed by atoms with van der Waals surface area (Å²) >= 11 is 0. The Labute approximate surface area is 104 Å². The zero-order valence-corrected chi connectivity index (χ0v) is 11.3. The van der Waals surface area contributed by atoms with Crippen LogP contribution in [0, 0.1) is 19.8 Å². The van der Waals surface area contributed by atoms with Crippen LogP contribution < -0.4 is 5.32 Å². The van der Waals surface area contributed by atoms with E-state index in [0.717, 1.165) is 18.5 Å². The molecule has 0 radical (unpaired) electrons. The van der Waals surface area contributed by atoms with E-state index in [1.165, 1.54) is 11.1 Å². The van der Waals surface area contributed by atoms with E-state index in [1.807, 2.05) is 0 Å². The maximum absolute atomic E-state index is 11.7. The summed E-state index contributed by atoms with van der Waals surface area (Å²) in [5.74, 6) is 0.760. The Morgan fingerprint density at radius 1 is 1.29 bits per heavy atom. The monoisotopic (exact) mass is 233 g/mol. The van der Waals surface area contributed by atoms with Crippen LogP contribution in [-0.2, 0) is 11.2 Å². The number of rotatable bonds is 5. The fourth-order valence-electron chi connectivity index (χ4n) is 1.73. The van der Waals surface area contributed by atoms with Crippen LogP contribution in [-0.4, -0.2) is 12.5 Å². The Kier molecular flexibility index (Phi) is 5.20. The normalized spacial score (nSPS) is 10.6. The number of amides is 1. The van der Waals surface area contributed by atoms with E-state index in [0.29, 0.717) is 12.3 Å². The maximum atomic E-state index is 11.7. The molecule has 0 aromatic heterocycles. The minimum absolute atomic E-state index is 0.124. The Bertz CT molecular complexity index is 383. The average Bonchev–Trinajstić information content (AvgIpc) is 2.23. The number of nitrogens with one attached hydrogen (secondary N) is 1. The molecule has 0 heterocycles. The molecule has 0 saturated heterocycles. The van der Waals surface area contributed by atoms with Crippen molar-refractivity contribution in [3.63, 3.8) is 0 Å². The summed E-state index contributed by atoms with van der Waals surface area (Å²) in [4.78, 5) is 11.7. The van der Waals surface area contributed by atoms with Gasteiger partial charge in [0.15, 0.2) is 0 Å². The average molecular weight is 233 g/mol. The van der Waals surface area contributed by atoms with E-state index in [-0.39, 0.29) is 5.91 Å². The summed E-state index contributed by atoms with van der Waals surface area (Å²) in [5, 5.41) is 2.97. The third kappa shape index (κ3) is 5.03. The summed E-state index contributed by atoms with van der Waals surface area (Å²) in [6.45, 7) is 9.21. The van der Waals surface area contributed by atoms with E-state index >= 15 is 0 Å². The number of carbonyl (C=O) groups is 1. The smallest absolute Gasteiger partial charge is 0.224 e. The van der Waals surface area contributed by atoms with Crippen LogP contribution >= 0.6 is 0 Å². The minimum atomic E-state index is 0.124. The van der Waals surface area contributed by atoms with Gasteiger partial charge in [-0.1, -0.05) is 37.6 Å². The summed E-state index contributed by atoms with van der Waals surface area (Å²) < 4.78 is 0. The van der Waals surface area contributed by atoms with Crippen molar-refractivity contribution >= 4 is 5.91 Å². The van der Waals surface area contributed by atoms with Crippen LogP contribution in [0.2, 0.25) is 0 Å². The molecule has 0 atom stereocenters. The molecule has 1 aromatic rings. The molecule has 1 amide bonds. The lowest BCUT2D eigenvalue weighted by atomic mass is 10.0. The number of aryl methyl sites for hydroxylation is 2. The molecular formula is C15H23NO. The first-order chi connectivity index (χ1) is 7.99. The lowest BCUT2D eigenvalue weighted by Gasteiger charge is -2.09. The molecule has 0 bridgehead atoms. The second kappa shape index (κ2) is 6.43. The van der Waals surface area contributed by atoms with Crippen LogP contribution in [0.5, 0.6) is 0 Å².